The lowest BCUT2D eigenvalue weighted by atomic mass is 10.0. The molecule has 176 valence electrons. The summed E-state index contributed by atoms with van der Waals surface area (Å²) in [5.41, 5.74) is 7.94. The highest BCUT2D eigenvalue weighted by Crippen LogP contribution is 2.39. The van der Waals surface area contributed by atoms with E-state index in [0.29, 0.717) is 0 Å². The lowest BCUT2D eigenvalue weighted by Gasteiger charge is -2.12. The van der Waals surface area contributed by atoms with Crippen molar-refractivity contribution in [3.05, 3.63) is 127 Å². The molecule has 0 unspecified atom stereocenters. The van der Waals surface area contributed by atoms with Gasteiger partial charge in [0.25, 0.3) is 0 Å². The first-order valence-corrected chi connectivity index (χ1v) is 13.0. The van der Waals surface area contributed by atoms with Crippen LogP contribution in [0.5, 0.6) is 0 Å². The summed E-state index contributed by atoms with van der Waals surface area (Å²) in [7, 11) is 0. The highest BCUT2D eigenvalue weighted by molar-refractivity contribution is 6.20. The van der Waals surface area contributed by atoms with Gasteiger partial charge in [-0.2, -0.15) is 0 Å². The van der Waals surface area contributed by atoms with Gasteiger partial charge in [-0.3, -0.25) is 4.40 Å². The van der Waals surface area contributed by atoms with E-state index in [4.69, 9.17) is 4.98 Å². The number of benzene rings is 6. The summed E-state index contributed by atoms with van der Waals surface area (Å²) in [4.78, 5) is 5.08. The first-order chi connectivity index (χ1) is 18.8. The summed E-state index contributed by atoms with van der Waals surface area (Å²) in [6, 6.07) is 45.9. The molecule has 0 amide bonds. The van der Waals surface area contributed by atoms with E-state index in [2.05, 4.69) is 136 Å². The largest absolute Gasteiger partial charge is 0.309 e. The fourth-order valence-electron chi connectivity index (χ4n) is 6.36. The molecule has 0 atom stereocenters. The molecule has 3 aromatic heterocycles. The van der Waals surface area contributed by atoms with Crippen molar-refractivity contribution in [3.63, 3.8) is 0 Å². The predicted octanol–water partition coefficient (Wildman–Crippen LogP) is 9.04. The smallest absolute Gasteiger partial charge is 0.146 e. The Labute approximate surface area is 217 Å². The van der Waals surface area contributed by atoms with Crippen molar-refractivity contribution in [1.82, 2.24) is 14.0 Å². The summed E-state index contributed by atoms with van der Waals surface area (Å²) in [6.45, 7) is 0. The van der Waals surface area contributed by atoms with Gasteiger partial charge in [0.15, 0.2) is 0 Å². The van der Waals surface area contributed by atoms with Crippen LogP contribution in [-0.4, -0.2) is 14.0 Å². The second-order valence-electron chi connectivity index (χ2n) is 10.1. The molecule has 0 N–H and O–H groups in total. The van der Waals surface area contributed by atoms with E-state index in [9.17, 15) is 0 Å². The van der Waals surface area contributed by atoms with Crippen molar-refractivity contribution in [2.75, 3.05) is 0 Å². The molecular formula is C35H21N3. The van der Waals surface area contributed by atoms with Crippen LogP contribution in [0.3, 0.4) is 0 Å². The second-order valence-corrected chi connectivity index (χ2v) is 10.1. The Morgan fingerprint density at radius 1 is 0.421 bits per heavy atom. The summed E-state index contributed by atoms with van der Waals surface area (Å²) in [5.74, 6) is 0. The van der Waals surface area contributed by atoms with Crippen LogP contribution in [0.1, 0.15) is 0 Å². The van der Waals surface area contributed by atoms with Crippen LogP contribution in [-0.2, 0) is 0 Å². The van der Waals surface area contributed by atoms with E-state index in [1.165, 1.54) is 59.9 Å². The fraction of sp³-hybridized carbons (Fsp3) is 0. The van der Waals surface area contributed by atoms with Crippen LogP contribution in [0, 0.1) is 0 Å². The Hall–Kier alpha value is -5.15. The number of aromatic nitrogens is 3. The first-order valence-electron chi connectivity index (χ1n) is 13.0. The SMILES string of the molecule is c1ccc2cc(-n3c4ccccc4c4cc5c(cc43)c3ccccc3c3nc4ccccc4n53)ccc2c1. The van der Waals surface area contributed by atoms with Crippen molar-refractivity contribution in [2.45, 2.75) is 0 Å². The number of pyridine rings is 1. The van der Waals surface area contributed by atoms with Gasteiger partial charge >= 0.3 is 0 Å². The lowest BCUT2D eigenvalue weighted by Crippen LogP contribution is -1.95. The number of imidazole rings is 1. The average Bonchev–Trinajstić information content (AvgIpc) is 3.52. The zero-order valence-corrected chi connectivity index (χ0v) is 20.5. The maximum absolute atomic E-state index is 5.08. The van der Waals surface area contributed by atoms with E-state index in [0.717, 1.165) is 16.7 Å². The molecule has 0 spiro atoms. The molecule has 0 aliphatic rings. The van der Waals surface area contributed by atoms with Gasteiger partial charge in [0.1, 0.15) is 5.65 Å². The zero-order valence-electron chi connectivity index (χ0n) is 20.5. The van der Waals surface area contributed by atoms with Gasteiger partial charge in [-0.15, -0.1) is 0 Å². The molecule has 3 heterocycles. The first kappa shape index (κ1) is 20.0. The van der Waals surface area contributed by atoms with E-state index in [1.807, 2.05) is 0 Å². The van der Waals surface area contributed by atoms with Gasteiger partial charge in [-0.25, -0.2) is 4.98 Å². The van der Waals surface area contributed by atoms with Crippen LogP contribution in [0.4, 0.5) is 0 Å². The third-order valence-electron chi connectivity index (χ3n) is 8.04. The Balaban J connectivity index is 1.52. The maximum atomic E-state index is 5.08. The van der Waals surface area contributed by atoms with Crippen LogP contribution in [0.2, 0.25) is 0 Å². The minimum atomic E-state index is 1.01. The van der Waals surface area contributed by atoms with Gasteiger partial charge in [-0.05, 0) is 58.6 Å². The molecule has 3 nitrogen and oxygen atoms in total. The zero-order chi connectivity index (χ0) is 24.8. The standard InChI is InChI=1S/C35H21N3/c1-2-10-23-19-24(18-17-22(23)9-1)37-31-15-7-5-12-26(31)29-21-34-28(20-33(29)37)25-11-3-4-13-27(25)35-36-30-14-6-8-16-32(30)38(34)35/h1-21H. The van der Waals surface area contributed by atoms with Crippen molar-refractivity contribution >= 4 is 70.9 Å². The van der Waals surface area contributed by atoms with Gasteiger partial charge in [-0.1, -0.05) is 84.9 Å². The number of hydrogen-bond acceptors (Lipinski definition) is 1. The molecule has 0 saturated carbocycles. The molecule has 0 radical (unpaired) electrons. The Kier molecular flexibility index (Phi) is 3.79. The van der Waals surface area contributed by atoms with Crippen molar-refractivity contribution in [3.8, 4) is 5.69 Å². The van der Waals surface area contributed by atoms with Crippen molar-refractivity contribution in [1.29, 1.82) is 0 Å². The van der Waals surface area contributed by atoms with E-state index in [1.54, 1.807) is 0 Å². The normalized spacial score (nSPS) is 12.2. The maximum Gasteiger partial charge on any atom is 0.146 e. The van der Waals surface area contributed by atoms with Gasteiger partial charge in [0, 0.05) is 27.2 Å². The highest BCUT2D eigenvalue weighted by Gasteiger charge is 2.18. The summed E-state index contributed by atoms with van der Waals surface area (Å²) >= 11 is 0. The number of fused-ring (bicyclic) bond motifs is 12. The van der Waals surface area contributed by atoms with Crippen LogP contribution in [0.15, 0.2) is 127 Å². The van der Waals surface area contributed by atoms with Gasteiger partial charge in [0.05, 0.1) is 27.6 Å². The van der Waals surface area contributed by atoms with Crippen molar-refractivity contribution in [2.24, 2.45) is 0 Å². The number of para-hydroxylation sites is 3. The molecule has 6 aromatic carbocycles. The molecular weight excluding hydrogens is 462 g/mol. The molecule has 9 aromatic rings. The Bertz CT molecular complexity index is 2410. The molecule has 0 aliphatic heterocycles. The van der Waals surface area contributed by atoms with Crippen LogP contribution < -0.4 is 0 Å². The Morgan fingerprint density at radius 3 is 1.97 bits per heavy atom. The third-order valence-corrected chi connectivity index (χ3v) is 8.04. The van der Waals surface area contributed by atoms with E-state index >= 15 is 0 Å². The molecule has 9 rings (SSSR count). The minimum Gasteiger partial charge on any atom is -0.309 e. The fourth-order valence-corrected chi connectivity index (χ4v) is 6.36. The summed E-state index contributed by atoms with van der Waals surface area (Å²) in [6.07, 6.45) is 0. The topological polar surface area (TPSA) is 22.2 Å². The molecule has 3 heteroatoms. The second kappa shape index (κ2) is 7.21. The molecule has 0 aliphatic carbocycles. The third kappa shape index (κ3) is 2.55. The minimum absolute atomic E-state index is 1.01. The van der Waals surface area contributed by atoms with E-state index in [-0.39, 0.29) is 0 Å². The van der Waals surface area contributed by atoms with E-state index < -0.39 is 0 Å². The van der Waals surface area contributed by atoms with Crippen LogP contribution in [0.25, 0.3) is 76.6 Å². The van der Waals surface area contributed by atoms with Crippen molar-refractivity contribution < 1.29 is 0 Å². The molecule has 0 bridgehead atoms. The monoisotopic (exact) mass is 483 g/mol. The molecule has 0 saturated heterocycles. The molecule has 38 heavy (non-hydrogen) atoms. The quantitative estimate of drug-likeness (QED) is 0.214. The Morgan fingerprint density at radius 2 is 1.08 bits per heavy atom. The molecule has 0 fully saturated rings. The average molecular weight is 484 g/mol. The highest BCUT2D eigenvalue weighted by atomic mass is 15.0. The lowest BCUT2D eigenvalue weighted by molar-refractivity contribution is 1.19. The number of hydrogen-bond donors (Lipinski definition) is 0. The van der Waals surface area contributed by atoms with Gasteiger partial charge < -0.3 is 4.57 Å². The summed E-state index contributed by atoms with van der Waals surface area (Å²) in [5, 5.41) is 8.62. The predicted molar refractivity (Wildman–Crippen MR) is 160 cm³/mol. The number of rotatable bonds is 1. The number of nitrogens with zero attached hydrogens (tertiary/aromatic N) is 3. The van der Waals surface area contributed by atoms with Gasteiger partial charge in [0.2, 0.25) is 0 Å². The van der Waals surface area contributed by atoms with Crippen LogP contribution >= 0.6 is 0 Å². The summed E-state index contributed by atoms with van der Waals surface area (Å²) < 4.78 is 4.76.